The zero-order valence-corrected chi connectivity index (χ0v) is 13.3. The highest BCUT2D eigenvalue weighted by molar-refractivity contribution is 5.74. The van der Waals surface area contributed by atoms with Gasteiger partial charge >= 0.3 is 17.8 Å². The average Bonchev–Trinajstić information content (AvgIpc) is 2.90. The fraction of sp³-hybridized carbons (Fsp3) is 0.467. The van der Waals surface area contributed by atoms with Crippen LogP contribution in [0.1, 0.15) is 36.0 Å². The number of halogens is 3. The number of esters is 1. The van der Waals surface area contributed by atoms with Gasteiger partial charge < -0.3 is 4.74 Å². The van der Waals surface area contributed by atoms with Crippen LogP contribution < -0.4 is 5.69 Å². The van der Waals surface area contributed by atoms with Crippen LogP contribution in [0, 0.1) is 0 Å². The molecule has 10 heteroatoms. The highest BCUT2D eigenvalue weighted by Crippen LogP contribution is 2.29. The van der Waals surface area contributed by atoms with Gasteiger partial charge in [-0.15, -0.1) is 0 Å². The molecule has 0 spiro atoms. The number of pyridine rings is 1. The summed E-state index contributed by atoms with van der Waals surface area (Å²) in [5.41, 5.74) is -1.35. The van der Waals surface area contributed by atoms with Gasteiger partial charge in [-0.05, 0) is 25.0 Å². The van der Waals surface area contributed by atoms with Crippen LogP contribution in [0.5, 0.6) is 0 Å². The summed E-state index contributed by atoms with van der Waals surface area (Å²) >= 11 is 0. The SMILES string of the molecule is COC(=O)C1CCCc2nn(Cc3cc(C(F)(F)F)ccn3)c(=O)n21. The standard InChI is InChI=1S/C15H15F3N4O3/c1-25-13(23)11-3-2-4-12-20-21(14(24)22(11)12)8-10-7-9(5-6-19-10)15(16,17)18/h5-7,11H,2-4,8H2,1H3. The number of carbonyl (C=O) groups is 1. The van der Waals surface area contributed by atoms with Crippen molar-refractivity contribution in [3.8, 4) is 0 Å². The van der Waals surface area contributed by atoms with Gasteiger partial charge in [-0.3, -0.25) is 9.55 Å². The van der Waals surface area contributed by atoms with Gasteiger partial charge in [0.25, 0.3) is 0 Å². The number of carbonyl (C=O) groups excluding carboxylic acids is 1. The molecule has 0 aliphatic carbocycles. The lowest BCUT2D eigenvalue weighted by Crippen LogP contribution is -2.35. The number of rotatable bonds is 3. The third-order valence-electron chi connectivity index (χ3n) is 4.06. The van der Waals surface area contributed by atoms with Crippen molar-refractivity contribution in [2.45, 2.75) is 38.0 Å². The first-order valence-electron chi connectivity index (χ1n) is 7.59. The minimum absolute atomic E-state index is 0.0574. The first kappa shape index (κ1) is 17.2. The van der Waals surface area contributed by atoms with E-state index in [4.69, 9.17) is 4.74 Å². The zero-order valence-electron chi connectivity index (χ0n) is 13.3. The molecule has 1 aliphatic rings. The van der Waals surface area contributed by atoms with Crippen molar-refractivity contribution in [2.24, 2.45) is 0 Å². The second-order valence-corrected chi connectivity index (χ2v) is 5.69. The normalized spacial score (nSPS) is 17.2. The van der Waals surface area contributed by atoms with E-state index in [1.54, 1.807) is 0 Å². The Balaban J connectivity index is 1.94. The van der Waals surface area contributed by atoms with E-state index >= 15 is 0 Å². The highest BCUT2D eigenvalue weighted by Gasteiger charge is 2.32. The van der Waals surface area contributed by atoms with E-state index in [2.05, 4.69) is 10.1 Å². The summed E-state index contributed by atoms with van der Waals surface area (Å²) in [6, 6.07) is 0.977. The molecule has 0 N–H and O–H groups in total. The molecule has 7 nitrogen and oxygen atoms in total. The minimum Gasteiger partial charge on any atom is -0.467 e. The Labute approximate surface area is 140 Å². The lowest BCUT2D eigenvalue weighted by atomic mass is 10.1. The largest absolute Gasteiger partial charge is 0.467 e. The van der Waals surface area contributed by atoms with Crippen molar-refractivity contribution in [3.63, 3.8) is 0 Å². The fourth-order valence-corrected chi connectivity index (χ4v) is 2.89. The summed E-state index contributed by atoms with van der Waals surface area (Å²) in [6.07, 6.45) is -1.83. The molecule has 3 rings (SSSR count). The monoisotopic (exact) mass is 356 g/mol. The van der Waals surface area contributed by atoms with Gasteiger partial charge in [-0.25, -0.2) is 14.3 Å². The molecule has 1 unspecified atom stereocenters. The van der Waals surface area contributed by atoms with Crippen molar-refractivity contribution >= 4 is 5.97 Å². The Hall–Kier alpha value is -2.65. The second-order valence-electron chi connectivity index (χ2n) is 5.69. The summed E-state index contributed by atoms with van der Waals surface area (Å²) < 4.78 is 45.3. The van der Waals surface area contributed by atoms with Crippen LogP contribution in [0.4, 0.5) is 13.2 Å². The molecule has 0 amide bonds. The van der Waals surface area contributed by atoms with Crippen LogP contribution >= 0.6 is 0 Å². The quantitative estimate of drug-likeness (QED) is 0.780. The third-order valence-corrected chi connectivity index (χ3v) is 4.06. The predicted molar refractivity (Wildman–Crippen MR) is 78.8 cm³/mol. The van der Waals surface area contributed by atoms with E-state index < -0.39 is 29.4 Å². The molecule has 25 heavy (non-hydrogen) atoms. The van der Waals surface area contributed by atoms with Crippen molar-refractivity contribution < 1.29 is 22.7 Å². The molecule has 2 aromatic heterocycles. The first-order chi connectivity index (χ1) is 11.8. The number of nitrogens with zero attached hydrogens (tertiary/aromatic N) is 4. The fourth-order valence-electron chi connectivity index (χ4n) is 2.89. The van der Waals surface area contributed by atoms with E-state index in [-0.39, 0.29) is 12.2 Å². The molecule has 2 aromatic rings. The number of aryl methyl sites for hydroxylation is 1. The molecule has 134 valence electrons. The van der Waals surface area contributed by atoms with Gasteiger partial charge in [0.1, 0.15) is 11.9 Å². The molecule has 3 heterocycles. The van der Waals surface area contributed by atoms with Crippen molar-refractivity contribution in [3.05, 3.63) is 45.9 Å². The third kappa shape index (κ3) is 3.28. The Bertz CT molecular complexity index is 856. The van der Waals surface area contributed by atoms with Crippen molar-refractivity contribution in [1.82, 2.24) is 19.3 Å². The second kappa shape index (κ2) is 6.34. The number of hydrogen-bond donors (Lipinski definition) is 0. The summed E-state index contributed by atoms with van der Waals surface area (Å²) in [7, 11) is 1.23. The van der Waals surface area contributed by atoms with E-state index in [9.17, 15) is 22.8 Å². The van der Waals surface area contributed by atoms with Crippen LogP contribution in [0.15, 0.2) is 23.1 Å². The minimum atomic E-state index is -4.49. The number of fused-ring (bicyclic) bond motifs is 1. The van der Waals surface area contributed by atoms with E-state index in [0.29, 0.717) is 25.1 Å². The van der Waals surface area contributed by atoms with Crippen LogP contribution in [0.3, 0.4) is 0 Å². The zero-order chi connectivity index (χ0) is 18.2. The maximum atomic E-state index is 12.8. The summed E-state index contributed by atoms with van der Waals surface area (Å²) in [5, 5.41) is 4.14. The molecular formula is C15H15F3N4O3. The Kier molecular flexibility index (Phi) is 4.36. The summed E-state index contributed by atoms with van der Waals surface area (Å²) in [4.78, 5) is 28.2. The van der Waals surface area contributed by atoms with E-state index in [1.165, 1.54) is 11.7 Å². The van der Waals surface area contributed by atoms with Gasteiger partial charge in [-0.2, -0.15) is 18.3 Å². The average molecular weight is 356 g/mol. The predicted octanol–water partition coefficient (Wildman–Crippen LogP) is 1.56. The molecular weight excluding hydrogens is 341 g/mol. The van der Waals surface area contributed by atoms with Gasteiger partial charge in [0.15, 0.2) is 0 Å². The van der Waals surface area contributed by atoms with Gasteiger partial charge in [0, 0.05) is 12.6 Å². The smallest absolute Gasteiger partial charge is 0.416 e. The Morgan fingerprint density at radius 3 is 2.88 bits per heavy atom. The number of alkyl halides is 3. The lowest BCUT2D eigenvalue weighted by molar-refractivity contribution is -0.145. The van der Waals surface area contributed by atoms with Crippen LogP contribution in [0.25, 0.3) is 0 Å². The molecule has 1 atom stereocenters. The maximum absolute atomic E-state index is 12.8. The number of ether oxygens (including phenoxy) is 1. The summed E-state index contributed by atoms with van der Waals surface area (Å²) in [5.74, 6) is -0.126. The van der Waals surface area contributed by atoms with Gasteiger partial charge in [-0.1, -0.05) is 0 Å². The van der Waals surface area contributed by atoms with E-state index in [1.807, 2.05) is 0 Å². The molecule has 1 aliphatic heterocycles. The van der Waals surface area contributed by atoms with Crippen molar-refractivity contribution in [2.75, 3.05) is 7.11 Å². The molecule has 0 fully saturated rings. The lowest BCUT2D eigenvalue weighted by Gasteiger charge is -2.20. The molecule has 0 bridgehead atoms. The molecule has 0 aromatic carbocycles. The number of methoxy groups -OCH3 is 1. The Morgan fingerprint density at radius 2 is 2.20 bits per heavy atom. The number of hydrogen-bond acceptors (Lipinski definition) is 5. The first-order valence-corrected chi connectivity index (χ1v) is 7.59. The molecule has 0 saturated heterocycles. The van der Waals surface area contributed by atoms with Crippen LogP contribution in [-0.4, -0.2) is 32.4 Å². The summed E-state index contributed by atoms with van der Waals surface area (Å²) in [6.45, 7) is -0.212. The van der Waals surface area contributed by atoms with Crippen LogP contribution in [-0.2, 0) is 28.7 Å². The molecule has 0 saturated carbocycles. The van der Waals surface area contributed by atoms with Gasteiger partial charge in [0.05, 0.1) is 24.9 Å². The topological polar surface area (TPSA) is 79.0 Å². The number of aromatic nitrogens is 4. The van der Waals surface area contributed by atoms with Gasteiger partial charge in [0.2, 0.25) is 0 Å². The molecule has 0 radical (unpaired) electrons. The van der Waals surface area contributed by atoms with E-state index in [0.717, 1.165) is 23.0 Å². The van der Waals surface area contributed by atoms with Crippen molar-refractivity contribution in [1.29, 1.82) is 0 Å². The maximum Gasteiger partial charge on any atom is 0.416 e. The van der Waals surface area contributed by atoms with Crippen LogP contribution in [0.2, 0.25) is 0 Å². The Morgan fingerprint density at radius 1 is 1.44 bits per heavy atom. The highest BCUT2D eigenvalue weighted by atomic mass is 19.4.